The number of nitrogens with two attached hydrogens (primary N) is 1. The summed E-state index contributed by atoms with van der Waals surface area (Å²) in [6, 6.07) is 18.1. The molecule has 1 heterocycles. The van der Waals surface area contributed by atoms with E-state index in [0.717, 1.165) is 5.75 Å². The van der Waals surface area contributed by atoms with E-state index in [9.17, 15) is 4.79 Å². The molecule has 3 rings (SSSR count). The second-order valence-corrected chi connectivity index (χ2v) is 7.00. The standard InChI is InChI=1S/C21H26N2O2.ClH/c1-15(2)17-9-6-10-18(11-17)25-14-21(24)23-12-19(20(22)13-23)16-7-4-3-5-8-16;/h3-11,15,19-20H,12-14,22H2,1-2H3;1H/t19-,20+;/m0./s1. The summed E-state index contributed by atoms with van der Waals surface area (Å²) in [5, 5.41) is 0. The van der Waals surface area contributed by atoms with Crippen molar-refractivity contribution < 1.29 is 9.53 Å². The van der Waals surface area contributed by atoms with Crippen LogP contribution in [0.2, 0.25) is 0 Å². The maximum absolute atomic E-state index is 12.5. The van der Waals surface area contributed by atoms with Crippen LogP contribution in [-0.2, 0) is 4.79 Å². The van der Waals surface area contributed by atoms with Crippen molar-refractivity contribution in [3.63, 3.8) is 0 Å². The topological polar surface area (TPSA) is 55.6 Å². The van der Waals surface area contributed by atoms with Crippen molar-refractivity contribution >= 4 is 18.3 Å². The highest BCUT2D eigenvalue weighted by molar-refractivity contribution is 5.85. The zero-order valence-corrected chi connectivity index (χ0v) is 16.1. The molecule has 2 aromatic carbocycles. The van der Waals surface area contributed by atoms with Gasteiger partial charge in [-0.1, -0.05) is 56.3 Å². The predicted molar refractivity (Wildman–Crippen MR) is 107 cm³/mol. The maximum atomic E-state index is 12.5. The smallest absolute Gasteiger partial charge is 0.260 e. The fraction of sp³-hybridized carbons (Fsp3) is 0.381. The van der Waals surface area contributed by atoms with Gasteiger partial charge < -0.3 is 15.4 Å². The predicted octanol–water partition coefficient (Wildman–Crippen LogP) is 3.56. The van der Waals surface area contributed by atoms with Crippen molar-refractivity contribution in [1.29, 1.82) is 0 Å². The molecule has 1 aliphatic rings. The lowest BCUT2D eigenvalue weighted by Crippen LogP contribution is -2.35. The Labute approximate surface area is 161 Å². The Hall–Kier alpha value is -2.04. The molecule has 2 aromatic rings. The van der Waals surface area contributed by atoms with Gasteiger partial charge in [0.15, 0.2) is 6.61 Å². The highest BCUT2D eigenvalue weighted by Gasteiger charge is 2.33. The second kappa shape index (κ2) is 9.06. The molecule has 0 spiro atoms. The second-order valence-electron chi connectivity index (χ2n) is 7.00. The van der Waals surface area contributed by atoms with Crippen molar-refractivity contribution in [1.82, 2.24) is 4.90 Å². The number of carbonyl (C=O) groups excluding carboxylic acids is 1. The molecule has 2 N–H and O–H groups in total. The van der Waals surface area contributed by atoms with Gasteiger partial charge in [-0.25, -0.2) is 0 Å². The van der Waals surface area contributed by atoms with Crippen molar-refractivity contribution in [2.45, 2.75) is 31.7 Å². The Bertz CT molecular complexity index is 721. The third-order valence-electron chi connectivity index (χ3n) is 4.83. The summed E-state index contributed by atoms with van der Waals surface area (Å²) in [6.45, 7) is 5.56. The van der Waals surface area contributed by atoms with Gasteiger partial charge in [0, 0.05) is 25.0 Å². The zero-order chi connectivity index (χ0) is 17.8. The quantitative estimate of drug-likeness (QED) is 0.870. The molecule has 2 atom stereocenters. The van der Waals surface area contributed by atoms with E-state index in [1.165, 1.54) is 11.1 Å². The summed E-state index contributed by atoms with van der Waals surface area (Å²) < 4.78 is 5.72. The van der Waals surface area contributed by atoms with Gasteiger partial charge in [-0.05, 0) is 29.2 Å². The van der Waals surface area contributed by atoms with Crippen LogP contribution in [0.4, 0.5) is 0 Å². The Morgan fingerprint density at radius 1 is 1.15 bits per heavy atom. The molecule has 4 nitrogen and oxygen atoms in total. The molecule has 1 amide bonds. The first-order chi connectivity index (χ1) is 12.0. The number of ether oxygens (including phenoxy) is 1. The Kier molecular flexibility index (Phi) is 7.06. The summed E-state index contributed by atoms with van der Waals surface area (Å²) >= 11 is 0. The first kappa shape index (κ1) is 20.3. The number of hydrogen-bond donors (Lipinski definition) is 1. The summed E-state index contributed by atoms with van der Waals surface area (Å²) in [5.41, 5.74) is 8.66. The molecule has 0 aromatic heterocycles. The average molecular weight is 375 g/mol. The van der Waals surface area contributed by atoms with Crippen LogP contribution in [0.15, 0.2) is 54.6 Å². The fourth-order valence-corrected chi connectivity index (χ4v) is 3.29. The van der Waals surface area contributed by atoms with E-state index in [4.69, 9.17) is 10.5 Å². The normalized spacial score (nSPS) is 19.3. The highest BCUT2D eigenvalue weighted by atomic mass is 35.5. The van der Waals surface area contributed by atoms with E-state index in [1.54, 1.807) is 0 Å². The lowest BCUT2D eigenvalue weighted by molar-refractivity contribution is -0.132. The molecule has 0 saturated carbocycles. The lowest BCUT2D eigenvalue weighted by Gasteiger charge is -2.17. The van der Waals surface area contributed by atoms with Gasteiger partial charge >= 0.3 is 0 Å². The molecule has 1 saturated heterocycles. The summed E-state index contributed by atoms with van der Waals surface area (Å²) in [5.74, 6) is 1.35. The van der Waals surface area contributed by atoms with E-state index < -0.39 is 0 Å². The van der Waals surface area contributed by atoms with Crippen molar-refractivity contribution in [2.24, 2.45) is 5.73 Å². The van der Waals surface area contributed by atoms with Gasteiger partial charge in [-0.15, -0.1) is 12.4 Å². The number of benzene rings is 2. The van der Waals surface area contributed by atoms with E-state index >= 15 is 0 Å². The average Bonchev–Trinajstić information content (AvgIpc) is 3.02. The molecule has 26 heavy (non-hydrogen) atoms. The minimum absolute atomic E-state index is 0. The van der Waals surface area contributed by atoms with Crippen molar-refractivity contribution in [2.75, 3.05) is 19.7 Å². The van der Waals surface area contributed by atoms with E-state index in [1.807, 2.05) is 41.3 Å². The fourth-order valence-electron chi connectivity index (χ4n) is 3.29. The molecular formula is C21H27ClN2O2. The molecule has 1 aliphatic heterocycles. The van der Waals surface area contributed by atoms with Crippen LogP contribution in [0.5, 0.6) is 5.75 Å². The van der Waals surface area contributed by atoms with E-state index in [-0.39, 0.29) is 36.9 Å². The summed E-state index contributed by atoms with van der Waals surface area (Å²) in [6.07, 6.45) is 0. The molecule has 1 fully saturated rings. The molecule has 140 valence electrons. The van der Waals surface area contributed by atoms with Gasteiger partial charge in [0.25, 0.3) is 5.91 Å². The van der Waals surface area contributed by atoms with E-state index in [0.29, 0.717) is 19.0 Å². The van der Waals surface area contributed by atoms with Crippen molar-refractivity contribution in [3.8, 4) is 5.75 Å². The van der Waals surface area contributed by atoms with Crippen molar-refractivity contribution in [3.05, 3.63) is 65.7 Å². The van der Waals surface area contributed by atoms with Crippen LogP contribution in [0.1, 0.15) is 36.8 Å². The number of hydrogen-bond acceptors (Lipinski definition) is 3. The van der Waals surface area contributed by atoms with Crippen LogP contribution < -0.4 is 10.5 Å². The van der Waals surface area contributed by atoms with E-state index in [2.05, 4.69) is 32.0 Å². The van der Waals surface area contributed by atoms with Gasteiger partial charge in [0.2, 0.25) is 0 Å². The zero-order valence-electron chi connectivity index (χ0n) is 15.3. The largest absolute Gasteiger partial charge is 0.484 e. The number of rotatable bonds is 5. The number of halogens is 1. The van der Waals surface area contributed by atoms with Gasteiger partial charge in [-0.3, -0.25) is 4.79 Å². The first-order valence-corrected chi connectivity index (χ1v) is 8.85. The Morgan fingerprint density at radius 2 is 1.88 bits per heavy atom. The highest BCUT2D eigenvalue weighted by Crippen LogP contribution is 2.26. The summed E-state index contributed by atoms with van der Waals surface area (Å²) in [4.78, 5) is 14.3. The molecule has 5 heteroatoms. The number of nitrogens with zero attached hydrogens (tertiary/aromatic N) is 1. The summed E-state index contributed by atoms with van der Waals surface area (Å²) in [7, 11) is 0. The Balaban J connectivity index is 0.00000243. The lowest BCUT2D eigenvalue weighted by atomic mass is 9.95. The third kappa shape index (κ3) is 4.77. The molecular weight excluding hydrogens is 348 g/mol. The minimum atomic E-state index is -0.0318. The van der Waals surface area contributed by atoms with Crippen LogP contribution in [0.25, 0.3) is 0 Å². The molecule has 0 aliphatic carbocycles. The Morgan fingerprint density at radius 3 is 2.58 bits per heavy atom. The SMILES string of the molecule is CC(C)c1cccc(OCC(=O)N2C[C@@H](N)[C@H](c3ccccc3)C2)c1.Cl. The van der Waals surface area contributed by atoms with Crippen LogP contribution in [-0.4, -0.2) is 36.5 Å². The monoisotopic (exact) mass is 374 g/mol. The first-order valence-electron chi connectivity index (χ1n) is 8.85. The number of likely N-dealkylation sites (tertiary alicyclic amines) is 1. The molecule has 0 bridgehead atoms. The van der Waals surface area contributed by atoms with Gasteiger partial charge in [0.1, 0.15) is 5.75 Å². The maximum Gasteiger partial charge on any atom is 0.260 e. The molecule has 0 unspecified atom stereocenters. The van der Waals surface area contributed by atoms with Gasteiger partial charge in [0.05, 0.1) is 0 Å². The number of amides is 1. The third-order valence-corrected chi connectivity index (χ3v) is 4.83. The van der Waals surface area contributed by atoms with Crippen LogP contribution in [0.3, 0.4) is 0 Å². The number of carbonyl (C=O) groups is 1. The van der Waals surface area contributed by atoms with Gasteiger partial charge in [-0.2, -0.15) is 0 Å². The van der Waals surface area contributed by atoms with Crippen LogP contribution >= 0.6 is 12.4 Å². The van der Waals surface area contributed by atoms with Crippen LogP contribution in [0, 0.1) is 0 Å². The molecule has 0 radical (unpaired) electrons. The minimum Gasteiger partial charge on any atom is -0.484 e.